The van der Waals surface area contributed by atoms with Crippen molar-refractivity contribution in [1.82, 2.24) is 10.3 Å². The number of aromatic nitrogens is 1. The van der Waals surface area contributed by atoms with Gasteiger partial charge in [-0.3, -0.25) is 0 Å². The normalized spacial score (nSPS) is 12.1. The largest absolute Gasteiger partial charge is 0.440 e. The number of hydrogen-bond donors (Lipinski definition) is 1. The standard InChI is InChI=1S/C16H24N2OS/c1-11-9-14(20-12(11)2)13-10-17-15(19-13)7-6-8-18-16(3,4)5/h9-10,18H,6-8H2,1-5H3. The van der Waals surface area contributed by atoms with Crippen molar-refractivity contribution in [1.29, 1.82) is 0 Å². The van der Waals surface area contributed by atoms with Gasteiger partial charge in [0.25, 0.3) is 0 Å². The summed E-state index contributed by atoms with van der Waals surface area (Å²) in [7, 11) is 0. The van der Waals surface area contributed by atoms with Crippen molar-refractivity contribution < 1.29 is 4.42 Å². The summed E-state index contributed by atoms with van der Waals surface area (Å²) < 4.78 is 5.84. The van der Waals surface area contributed by atoms with Crippen LogP contribution in [0, 0.1) is 13.8 Å². The maximum atomic E-state index is 5.84. The van der Waals surface area contributed by atoms with Gasteiger partial charge in [-0.15, -0.1) is 11.3 Å². The van der Waals surface area contributed by atoms with Gasteiger partial charge in [-0.25, -0.2) is 4.98 Å². The Labute approximate surface area is 125 Å². The molecule has 0 aliphatic rings. The van der Waals surface area contributed by atoms with E-state index in [2.05, 4.69) is 51.0 Å². The minimum absolute atomic E-state index is 0.174. The molecule has 0 atom stereocenters. The summed E-state index contributed by atoms with van der Waals surface area (Å²) in [6.45, 7) is 11.8. The van der Waals surface area contributed by atoms with Gasteiger partial charge in [-0.2, -0.15) is 0 Å². The predicted octanol–water partition coefficient (Wildman–Crippen LogP) is 4.34. The lowest BCUT2D eigenvalue weighted by Gasteiger charge is -2.19. The van der Waals surface area contributed by atoms with E-state index in [1.54, 1.807) is 11.3 Å². The van der Waals surface area contributed by atoms with E-state index < -0.39 is 0 Å². The monoisotopic (exact) mass is 292 g/mol. The van der Waals surface area contributed by atoms with Crippen LogP contribution in [0.5, 0.6) is 0 Å². The molecule has 0 amide bonds. The van der Waals surface area contributed by atoms with Gasteiger partial charge in [0.05, 0.1) is 11.1 Å². The van der Waals surface area contributed by atoms with Crippen LogP contribution in [0.4, 0.5) is 0 Å². The van der Waals surface area contributed by atoms with E-state index >= 15 is 0 Å². The van der Waals surface area contributed by atoms with Crippen LogP contribution < -0.4 is 5.32 Å². The summed E-state index contributed by atoms with van der Waals surface area (Å²) in [5.74, 6) is 1.73. The Kier molecular flexibility index (Phi) is 4.66. The summed E-state index contributed by atoms with van der Waals surface area (Å²) >= 11 is 1.77. The molecule has 3 nitrogen and oxygen atoms in total. The number of aryl methyl sites for hydroxylation is 3. The zero-order valence-corrected chi connectivity index (χ0v) is 13.9. The Morgan fingerprint density at radius 2 is 2.05 bits per heavy atom. The summed E-state index contributed by atoms with van der Waals surface area (Å²) in [5, 5.41) is 3.47. The van der Waals surface area contributed by atoms with Crippen LogP contribution in [0.1, 0.15) is 43.5 Å². The molecule has 2 heterocycles. The summed E-state index contributed by atoms with van der Waals surface area (Å²) in [6, 6.07) is 2.17. The van der Waals surface area contributed by atoms with Crippen molar-refractivity contribution in [2.24, 2.45) is 0 Å². The minimum Gasteiger partial charge on any atom is -0.440 e. The number of rotatable bonds is 5. The third-order valence-corrected chi connectivity index (χ3v) is 4.35. The summed E-state index contributed by atoms with van der Waals surface area (Å²) in [6.07, 6.45) is 3.77. The Balaban J connectivity index is 1.89. The molecule has 0 fully saturated rings. The van der Waals surface area contributed by atoms with Crippen molar-refractivity contribution in [3.63, 3.8) is 0 Å². The summed E-state index contributed by atoms with van der Waals surface area (Å²) in [5.41, 5.74) is 1.49. The van der Waals surface area contributed by atoms with E-state index in [9.17, 15) is 0 Å². The first-order valence-electron chi connectivity index (χ1n) is 7.12. The topological polar surface area (TPSA) is 38.1 Å². The number of nitrogens with zero attached hydrogens (tertiary/aromatic N) is 1. The molecule has 0 radical (unpaired) electrons. The van der Waals surface area contributed by atoms with Crippen molar-refractivity contribution in [3.8, 4) is 10.6 Å². The molecule has 20 heavy (non-hydrogen) atoms. The van der Waals surface area contributed by atoms with Gasteiger partial charge < -0.3 is 9.73 Å². The van der Waals surface area contributed by atoms with Gasteiger partial charge >= 0.3 is 0 Å². The third-order valence-electron chi connectivity index (χ3n) is 3.19. The molecule has 0 aromatic carbocycles. The SMILES string of the molecule is Cc1cc(-c2cnc(CCCNC(C)(C)C)o2)sc1C. The first-order valence-corrected chi connectivity index (χ1v) is 7.94. The Morgan fingerprint density at radius 3 is 2.65 bits per heavy atom. The van der Waals surface area contributed by atoms with Gasteiger partial charge in [0, 0.05) is 16.8 Å². The van der Waals surface area contributed by atoms with E-state index in [-0.39, 0.29) is 5.54 Å². The molecular formula is C16H24N2OS. The molecule has 110 valence electrons. The highest BCUT2D eigenvalue weighted by atomic mass is 32.1. The van der Waals surface area contributed by atoms with Gasteiger partial charge in [0.15, 0.2) is 11.7 Å². The maximum absolute atomic E-state index is 5.84. The fraction of sp³-hybridized carbons (Fsp3) is 0.562. The summed E-state index contributed by atoms with van der Waals surface area (Å²) in [4.78, 5) is 6.89. The van der Waals surface area contributed by atoms with E-state index in [0.29, 0.717) is 0 Å². The Bertz CT molecular complexity index is 544. The molecular weight excluding hydrogens is 268 g/mol. The van der Waals surface area contributed by atoms with Crippen LogP contribution in [0.25, 0.3) is 10.6 Å². The van der Waals surface area contributed by atoms with Crippen molar-refractivity contribution in [2.75, 3.05) is 6.54 Å². The van der Waals surface area contributed by atoms with Crippen LogP contribution in [-0.2, 0) is 6.42 Å². The van der Waals surface area contributed by atoms with Crippen LogP contribution >= 0.6 is 11.3 Å². The first kappa shape index (κ1) is 15.3. The Hall–Kier alpha value is -1.13. The number of thiophene rings is 1. The number of oxazole rings is 1. The Morgan fingerprint density at radius 1 is 1.30 bits per heavy atom. The zero-order chi connectivity index (χ0) is 14.8. The van der Waals surface area contributed by atoms with Gasteiger partial charge in [-0.05, 0) is 59.2 Å². The van der Waals surface area contributed by atoms with Gasteiger partial charge in [-0.1, -0.05) is 0 Å². The molecule has 0 unspecified atom stereocenters. The second kappa shape index (κ2) is 6.10. The van der Waals surface area contributed by atoms with E-state index in [4.69, 9.17) is 4.42 Å². The molecule has 4 heteroatoms. The molecule has 0 spiro atoms. The zero-order valence-electron chi connectivity index (χ0n) is 13.0. The smallest absolute Gasteiger partial charge is 0.194 e. The number of hydrogen-bond acceptors (Lipinski definition) is 4. The average molecular weight is 292 g/mol. The van der Waals surface area contributed by atoms with Crippen molar-refractivity contribution in [3.05, 3.63) is 28.6 Å². The van der Waals surface area contributed by atoms with Crippen LogP contribution in [0.3, 0.4) is 0 Å². The van der Waals surface area contributed by atoms with E-state index in [0.717, 1.165) is 31.0 Å². The molecule has 0 aliphatic carbocycles. The second-order valence-electron chi connectivity index (χ2n) is 6.25. The lowest BCUT2D eigenvalue weighted by Crippen LogP contribution is -2.36. The van der Waals surface area contributed by atoms with Crippen LogP contribution in [0.2, 0.25) is 0 Å². The molecule has 0 aliphatic heterocycles. The third kappa shape index (κ3) is 4.18. The van der Waals surface area contributed by atoms with E-state index in [1.165, 1.54) is 15.3 Å². The van der Waals surface area contributed by atoms with Crippen molar-refractivity contribution >= 4 is 11.3 Å². The molecule has 2 aromatic rings. The highest BCUT2D eigenvalue weighted by molar-refractivity contribution is 7.15. The molecule has 0 saturated heterocycles. The highest BCUT2D eigenvalue weighted by Crippen LogP contribution is 2.31. The fourth-order valence-corrected chi connectivity index (χ4v) is 2.92. The van der Waals surface area contributed by atoms with Crippen LogP contribution in [0.15, 0.2) is 16.7 Å². The number of nitrogens with one attached hydrogen (secondary N) is 1. The highest BCUT2D eigenvalue weighted by Gasteiger charge is 2.11. The first-order chi connectivity index (χ1) is 9.35. The molecule has 1 N–H and O–H groups in total. The van der Waals surface area contributed by atoms with Crippen LogP contribution in [-0.4, -0.2) is 17.1 Å². The average Bonchev–Trinajstić information content (AvgIpc) is 2.92. The van der Waals surface area contributed by atoms with Gasteiger partial charge in [0.2, 0.25) is 0 Å². The molecule has 0 saturated carbocycles. The fourth-order valence-electron chi connectivity index (χ4n) is 1.94. The molecule has 0 bridgehead atoms. The lowest BCUT2D eigenvalue weighted by atomic mass is 10.1. The van der Waals surface area contributed by atoms with Gasteiger partial charge in [0.1, 0.15) is 0 Å². The van der Waals surface area contributed by atoms with Crippen molar-refractivity contribution in [2.45, 2.75) is 53.0 Å². The minimum atomic E-state index is 0.174. The molecule has 2 aromatic heterocycles. The lowest BCUT2D eigenvalue weighted by molar-refractivity contribution is 0.413. The van der Waals surface area contributed by atoms with E-state index in [1.807, 2.05) is 6.20 Å². The predicted molar refractivity (Wildman–Crippen MR) is 85.4 cm³/mol. The second-order valence-corrected chi connectivity index (χ2v) is 7.50. The maximum Gasteiger partial charge on any atom is 0.194 e. The quantitative estimate of drug-likeness (QED) is 0.833. The molecule has 2 rings (SSSR count).